The minimum atomic E-state index is -0.719. The van der Waals surface area contributed by atoms with Crippen molar-refractivity contribution in [1.82, 2.24) is 4.98 Å². The van der Waals surface area contributed by atoms with Gasteiger partial charge >= 0.3 is 5.97 Å². The summed E-state index contributed by atoms with van der Waals surface area (Å²) in [6, 6.07) is 4.91. The van der Waals surface area contributed by atoms with Crippen LogP contribution in [-0.4, -0.2) is 49.3 Å². The van der Waals surface area contributed by atoms with E-state index in [-0.39, 0.29) is 19.1 Å². The Morgan fingerprint density at radius 2 is 2.13 bits per heavy atom. The average Bonchev–Trinajstić information content (AvgIpc) is 3.22. The topological polar surface area (TPSA) is 78.0 Å². The van der Waals surface area contributed by atoms with E-state index in [1.807, 2.05) is 37.4 Å². The van der Waals surface area contributed by atoms with Gasteiger partial charge < -0.3 is 14.2 Å². The fourth-order valence-electron chi connectivity index (χ4n) is 3.34. The predicted molar refractivity (Wildman–Crippen MR) is 116 cm³/mol. The Kier molecular flexibility index (Phi) is 7.81. The number of nitrogens with zero attached hydrogens (tertiary/aromatic N) is 2. The highest BCUT2D eigenvalue weighted by Gasteiger charge is 2.36. The number of rotatable bonds is 10. The summed E-state index contributed by atoms with van der Waals surface area (Å²) >= 11 is 1.63. The molecule has 7 nitrogen and oxygen atoms in total. The third-order valence-electron chi connectivity index (χ3n) is 4.80. The maximum atomic E-state index is 12.7. The monoisotopic (exact) mass is 432 g/mol. The summed E-state index contributed by atoms with van der Waals surface area (Å²) < 4.78 is 16.2. The summed E-state index contributed by atoms with van der Waals surface area (Å²) in [5.41, 5.74) is 2.31. The smallest absolute Gasteiger partial charge is 0.329 e. The zero-order valence-corrected chi connectivity index (χ0v) is 18.5. The third kappa shape index (κ3) is 4.99. The quantitative estimate of drug-likeness (QED) is 0.419. The number of amides is 1. The molecule has 8 heteroatoms. The van der Waals surface area contributed by atoms with E-state index < -0.39 is 12.0 Å². The molecule has 1 aromatic heterocycles. The second-order valence-corrected chi connectivity index (χ2v) is 7.84. The molecule has 1 atom stereocenters. The lowest BCUT2D eigenvalue weighted by Gasteiger charge is -2.34. The number of aromatic nitrogens is 1. The molecule has 30 heavy (non-hydrogen) atoms. The number of carbonyl (C=O) groups excluding carboxylic acids is 2. The van der Waals surface area contributed by atoms with E-state index in [0.717, 1.165) is 29.1 Å². The van der Waals surface area contributed by atoms with Crippen LogP contribution in [0.3, 0.4) is 0 Å². The zero-order valence-electron chi connectivity index (χ0n) is 17.7. The van der Waals surface area contributed by atoms with Crippen molar-refractivity contribution in [3.8, 4) is 17.0 Å². The van der Waals surface area contributed by atoms with Crippen LogP contribution in [0.2, 0.25) is 0 Å². The summed E-state index contributed by atoms with van der Waals surface area (Å²) in [6.07, 6.45) is 2.41. The minimum absolute atomic E-state index is 0.105. The molecule has 1 aliphatic heterocycles. The Labute approximate surface area is 181 Å². The Balaban J connectivity index is 1.87. The van der Waals surface area contributed by atoms with Crippen LogP contribution in [0.5, 0.6) is 5.75 Å². The first-order chi connectivity index (χ1) is 14.6. The molecule has 0 spiro atoms. The molecular formula is C22H28N2O5S. The standard InChI is InChI=1S/C22H28N2O5S/c1-4-7-20-23-16(14-30-20)15-8-9-19-18(12-15)24(21(25)13-29-19)17(5-2)22(26)28-11-10-27-6-3/h8-9,12,14,17H,4-7,10-11,13H2,1-3H3. The molecule has 0 saturated heterocycles. The van der Waals surface area contributed by atoms with Crippen LogP contribution >= 0.6 is 11.3 Å². The maximum Gasteiger partial charge on any atom is 0.329 e. The highest BCUT2D eigenvalue weighted by Crippen LogP contribution is 2.38. The molecule has 162 valence electrons. The fourth-order valence-corrected chi connectivity index (χ4v) is 4.25. The van der Waals surface area contributed by atoms with Crippen molar-refractivity contribution < 1.29 is 23.8 Å². The van der Waals surface area contributed by atoms with Gasteiger partial charge in [-0.3, -0.25) is 9.69 Å². The Hall–Kier alpha value is -2.45. The first-order valence-corrected chi connectivity index (χ1v) is 11.2. The lowest BCUT2D eigenvalue weighted by Crippen LogP contribution is -2.50. The molecule has 0 radical (unpaired) electrons. The molecule has 1 unspecified atom stereocenters. The second kappa shape index (κ2) is 10.5. The molecule has 1 aliphatic rings. The fraction of sp³-hybridized carbons (Fsp3) is 0.500. The minimum Gasteiger partial charge on any atom is -0.482 e. The van der Waals surface area contributed by atoms with Gasteiger partial charge in [0.1, 0.15) is 18.4 Å². The summed E-state index contributed by atoms with van der Waals surface area (Å²) in [6.45, 7) is 6.81. The number of carbonyl (C=O) groups is 2. The zero-order chi connectivity index (χ0) is 21.5. The van der Waals surface area contributed by atoms with Gasteiger partial charge in [-0.2, -0.15) is 0 Å². The van der Waals surface area contributed by atoms with Gasteiger partial charge in [-0.25, -0.2) is 9.78 Å². The Morgan fingerprint density at radius 3 is 2.87 bits per heavy atom. The number of benzene rings is 1. The van der Waals surface area contributed by atoms with Crippen molar-refractivity contribution >= 4 is 28.9 Å². The highest BCUT2D eigenvalue weighted by atomic mass is 32.1. The van der Waals surface area contributed by atoms with Gasteiger partial charge in [-0.15, -0.1) is 11.3 Å². The largest absolute Gasteiger partial charge is 0.482 e. The van der Waals surface area contributed by atoms with Crippen molar-refractivity contribution in [1.29, 1.82) is 0 Å². The first-order valence-electron chi connectivity index (χ1n) is 10.4. The van der Waals surface area contributed by atoms with E-state index in [4.69, 9.17) is 19.2 Å². The SMILES string of the molecule is CCCc1nc(-c2ccc3c(c2)N(C(CC)C(=O)OCCOCC)C(=O)CO3)cs1. The lowest BCUT2D eigenvalue weighted by molar-refractivity contribution is -0.148. The molecule has 0 saturated carbocycles. The Bertz CT molecular complexity index is 882. The Morgan fingerprint density at radius 1 is 1.30 bits per heavy atom. The number of aryl methyl sites for hydroxylation is 1. The van der Waals surface area contributed by atoms with Gasteiger partial charge in [-0.05, 0) is 44.4 Å². The average molecular weight is 433 g/mol. The van der Waals surface area contributed by atoms with Crippen LogP contribution in [0, 0.1) is 0 Å². The summed E-state index contributed by atoms with van der Waals surface area (Å²) in [4.78, 5) is 31.6. The van der Waals surface area contributed by atoms with E-state index in [9.17, 15) is 9.59 Å². The number of esters is 1. The molecule has 2 heterocycles. The molecule has 0 aliphatic carbocycles. The van der Waals surface area contributed by atoms with Crippen LogP contribution in [0.4, 0.5) is 5.69 Å². The van der Waals surface area contributed by atoms with Crippen molar-refractivity contribution in [2.24, 2.45) is 0 Å². The van der Waals surface area contributed by atoms with Gasteiger partial charge in [0.05, 0.1) is 23.0 Å². The predicted octanol–water partition coefficient (Wildman–Crippen LogP) is 3.85. The van der Waals surface area contributed by atoms with E-state index in [2.05, 4.69) is 6.92 Å². The molecule has 3 rings (SSSR count). The number of thiazole rings is 1. The van der Waals surface area contributed by atoms with Crippen LogP contribution in [0.15, 0.2) is 23.6 Å². The molecule has 0 fully saturated rings. The van der Waals surface area contributed by atoms with E-state index >= 15 is 0 Å². The van der Waals surface area contributed by atoms with E-state index in [0.29, 0.717) is 31.1 Å². The number of anilines is 1. The van der Waals surface area contributed by atoms with Crippen LogP contribution in [0.1, 0.15) is 38.6 Å². The second-order valence-electron chi connectivity index (χ2n) is 6.90. The molecule has 0 N–H and O–H groups in total. The number of fused-ring (bicyclic) bond motifs is 1. The van der Waals surface area contributed by atoms with Crippen molar-refractivity contribution in [2.75, 3.05) is 31.3 Å². The van der Waals surface area contributed by atoms with Gasteiger partial charge in [0, 0.05) is 17.6 Å². The normalized spacial score (nSPS) is 14.2. The number of hydrogen-bond donors (Lipinski definition) is 0. The summed E-state index contributed by atoms with van der Waals surface area (Å²) in [5.74, 6) is -0.135. The van der Waals surface area contributed by atoms with Gasteiger partial charge in [0.2, 0.25) is 0 Å². The number of hydrogen-bond acceptors (Lipinski definition) is 7. The lowest BCUT2D eigenvalue weighted by atomic mass is 10.1. The highest BCUT2D eigenvalue weighted by molar-refractivity contribution is 7.09. The van der Waals surface area contributed by atoms with Gasteiger partial charge in [-0.1, -0.05) is 13.8 Å². The molecule has 1 aromatic carbocycles. The van der Waals surface area contributed by atoms with E-state index in [1.165, 1.54) is 4.90 Å². The molecule has 0 bridgehead atoms. The van der Waals surface area contributed by atoms with Crippen LogP contribution < -0.4 is 9.64 Å². The third-order valence-corrected chi connectivity index (χ3v) is 5.70. The van der Waals surface area contributed by atoms with Crippen LogP contribution in [0.25, 0.3) is 11.3 Å². The van der Waals surface area contributed by atoms with Crippen LogP contribution in [-0.2, 0) is 25.5 Å². The maximum absolute atomic E-state index is 12.7. The first kappa shape index (κ1) is 22.2. The number of ether oxygens (including phenoxy) is 3. The summed E-state index contributed by atoms with van der Waals surface area (Å²) in [7, 11) is 0. The molecular weight excluding hydrogens is 404 g/mol. The van der Waals surface area contributed by atoms with Crippen molar-refractivity contribution in [2.45, 2.75) is 46.1 Å². The van der Waals surface area contributed by atoms with E-state index in [1.54, 1.807) is 11.3 Å². The van der Waals surface area contributed by atoms with Gasteiger partial charge in [0.25, 0.3) is 5.91 Å². The van der Waals surface area contributed by atoms with Gasteiger partial charge in [0.15, 0.2) is 6.61 Å². The van der Waals surface area contributed by atoms with Crippen molar-refractivity contribution in [3.05, 3.63) is 28.6 Å². The molecule has 2 aromatic rings. The van der Waals surface area contributed by atoms with Crippen molar-refractivity contribution in [3.63, 3.8) is 0 Å². The summed E-state index contributed by atoms with van der Waals surface area (Å²) in [5, 5.41) is 3.10. The molecule has 1 amide bonds.